The highest BCUT2D eigenvalue weighted by Gasteiger charge is 2.30. The molecule has 3 rings (SSSR count). The maximum atomic E-state index is 11.7. The number of para-hydroxylation sites is 2. The Bertz CT molecular complexity index is 636. The van der Waals surface area contributed by atoms with Crippen molar-refractivity contribution in [3.05, 3.63) is 30.2 Å². The van der Waals surface area contributed by atoms with E-state index in [4.69, 9.17) is 13.9 Å². The summed E-state index contributed by atoms with van der Waals surface area (Å²) in [5.74, 6) is 0.456. The average Bonchev–Trinajstić information content (AvgIpc) is 2.96. The van der Waals surface area contributed by atoms with Crippen molar-refractivity contribution in [3.8, 4) is 0 Å². The number of carbonyl (C=O) groups excluding carboxylic acids is 1. The molecule has 0 unspecified atom stereocenters. The van der Waals surface area contributed by atoms with Gasteiger partial charge in [-0.25, -0.2) is 9.78 Å². The van der Waals surface area contributed by atoms with E-state index in [9.17, 15) is 4.79 Å². The van der Waals surface area contributed by atoms with Crippen molar-refractivity contribution >= 4 is 17.1 Å². The average molecular weight is 318 g/mol. The summed E-state index contributed by atoms with van der Waals surface area (Å²) in [6.07, 6.45) is 1.24. The number of rotatable bonds is 5. The van der Waals surface area contributed by atoms with Crippen LogP contribution in [0, 0.1) is 0 Å². The minimum atomic E-state index is -0.493. The molecule has 23 heavy (non-hydrogen) atoms. The maximum Gasteiger partial charge on any atom is 0.336 e. The SMILES string of the molecule is COC(=O)[C@@H]1CN(CCCc2nc3ccccc3o2)C[C@@H](C)O1. The van der Waals surface area contributed by atoms with E-state index in [1.54, 1.807) is 0 Å². The molecule has 0 amide bonds. The number of aryl methyl sites for hydroxylation is 1. The molecule has 1 aliphatic rings. The van der Waals surface area contributed by atoms with Gasteiger partial charge in [-0.15, -0.1) is 0 Å². The van der Waals surface area contributed by atoms with E-state index in [0.717, 1.165) is 42.9 Å². The van der Waals surface area contributed by atoms with Crippen molar-refractivity contribution in [3.63, 3.8) is 0 Å². The van der Waals surface area contributed by atoms with E-state index in [1.807, 2.05) is 31.2 Å². The van der Waals surface area contributed by atoms with Gasteiger partial charge in [-0.3, -0.25) is 4.90 Å². The van der Waals surface area contributed by atoms with Crippen molar-refractivity contribution in [1.82, 2.24) is 9.88 Å². The van der Waals surface area contributed by atoms with Crippen molar-refractivity contribution in [2.45, 2.75) is 32.0 Å². The Balaban J connectivity index is 1.52. The smallest absolute Gasteiger partial charge is 0.336 e. The summed E-state index contributed by atoms with van der Waals surface area (Å²) in [7, 11) is 1.39. The van der Waals surface area contributed by atoms with Crippen molar-refractivity contribution in [1.29, 1.82) is 0 Å². The zero-order valence-electron chi connectivity index (χ0n) is 13.5. The van der Waals surface area contributed by atoms with Gasteiger partial charge in [0.1, 0.15) is 5.52 Å². The summed E-state index contributed by atoms with van der Waals surface area (Å²) in [6, 6.07) is 7.78. The van der Waals surface area contributed by atoms with Crippen LogP contribution >= 0.6 is 0 Å². The molecule has 0 spiro atoms. The third-order valence-corrected chi connectivity index (χ3v) is 4.00. The van der Waals surface area contributed by atoms with Gasteiger partial charge in [-0.2, -0.15) is 0 Å². The van der Waals surface area contributed by atoms with Crippen LogP contribution in [0.1, 0.15) is 19.2 Å². The predicted octanol–water partition coefficient (Wildman–Crippen LogP) is 2.02. The molecule has 1 fully saturated rings. The Morgan fingerprint density at radius 3 is 3.00 bits per heavy atom. The summed E-state index contributed by atoms with van der Waals surface area (Å²) in [5.41, 5.74) is 1.72. The molecule has 0 saturated carbocycles. The molecule has 1 aromatic heterocycles. The van der Waals surface area contributed by atoms with Crippen LogP contribution in [0.4, 0.5) is 0 Å². The lowest BCUT2D eigenvalue weighted by Crippen LogP contribution is -2.50. The number of carbonyl (C=O) groups is 1. The molecular weight excluding hydrogens is 296 g/mol. The van der Waals surface area contributed by atoms with E-state index in [-0.39, 0.29) is 12.1 Å². The number of hydrogen-bond acceptors (Lipinski definition) is 6. The number of oxazole rings is 1. The molecule has 2 atom stereocenters. The van der Waals surface area contributed by atoms with Crippen molar-refractivity contribution in [2.24, 2.45) is 0 Å². The number of nitrogens with zero attached hydrogens (tertiary/aromatic N) is 2. The number of esters is 1. The van der Waals surface area contributed by atoms with E-state index in [1.165, 1.54) is 7.11 Å². The van der Waals surface area contributed by atoms with Crippen LogP contribution in [0.25, 0.3) is 11.1 Å². The molecule has 2 heterocycles. The number of aromatic nitrogens is 1. The van der Waals surface area contributed by atoms with Gasteiger partial charge in [0.15, 0.2) is 17.6 Å². The van der Waals surface area contributed by atoms with Crippen LogP contribution in [-0.2, 0) is 20.7 Å². The number of morpholine rings is 1. The Hall–Kier alpha value is -1.92. The first kappa shape index (κ1) is 16.0. The minimum Gasteiger partial charge on any atom is -0.467 e. The normalized spacial score (nSPS) is 22.3. The Morgan fingerprint density at radius 1 is 1.39 bits per heavy atom. The van der Waals surface area contributed by atoms with Gasteiger partial charge in [0.05, 0.1) is 13.2 Å². The Morgan fingerprint density at radius 2 is 2.22 bits per heavy atom. The predicted molar refractivity (Wildman–Crippen MR) is 85.1 cm³/mol. The zero-order valence-corrected chi connectivity index (χ0v) is 13.5. The fourth-order valence-electron chi connectivity index (χ4n) is 2.96. The van der Waals surface area contributed by atoms with Gasteiger partial charge in [0.2, 0.25) is 0 Å². The Kier molecular flexibility index (Phi) is 4.93. The van der Waals surface area contributed by atoms with Crippen LogP contribution < -0.4 is 0 Å². The third kappa shape index (κ3) is 3.89. The molecule has 0 N–H and O–H groups in total. The monoisotopic (exact) mass is 318 g/mol. The summed E-state index contributed by atoms with van der Waals surface area (Å²) in [6.45, 7) is 4.24. The number of ether oxygens (including phenoxy) is 2. The van der Waals surface area contributed by atoms with Gasteiger partial charge in [0.25, 0.3) is 0 Å². The molecule has 1 aromatic carbocycles. The van der Waals surface area contributed by atoms with Crippen LogP contribution in [-0.4, -0.2) is 54.8 Å². The van der Waals surface area contributed by atoms with Crippen molar-refractivity contribution < 1.29 is 18.7 Å². The second-order valence-corrected chi connectivity index (χ2v) is 5.90. The first-order valence-corrected chi connectivity index (χ1v) is 7.96. The largest absolute Gasteiger partial charge is 0.467 e. The lowest BCUT2D eigenvalue weighted by Gasteiger charge is -2.35. The molecule has 0 aliphatic carbocycles. The highest BCUT2D eigenvalue weighted by molar-refractivity contribution is 5.75. The van der Waals surface area contributed by atoms with Gasteiger partial charge in [0, 0.05) is 19.5 Å². The van der Waals surface area contributed by atoms with Gasteiger partial charge < -0.3 is 13.9 Å². The topological polar surface area (TPSA) is 64.8 Å². The standard InChI is InChI=1S/C17H22N2O4/c1-12-10-19(11-15(22-12)17(20)21-2)9-5-8-16-18-13-6-3-4-7-14(13)23-16/h3-4,6-7,12,15H,5,8-11H2,1-2H3/t12-,15+/m1/s1. The van der Waals surface area contributed by atoms with Crippen LogP contribution in [0.5, 0.6) is 0 Å². The number of hydrogen-bond donors (Lipinski definition) is 0. The third-order valence-electron chi connectivity index (χ3n) is 4.00. The molecule has 0 radical (unpaired) electrons. The fourth-order valence-corrected chi connectivity index (χ4v) is 2.96. The molecule has 1 saturated heterocycles. The molecule has 6 nitrogen and oxygen atoms in total. The van der Waals surface area contributed by atoms with Gasteiger partial charge in [-0.1, -0.05) is 12.1 Å². The molecule has 6 heteroatoms. The summed E-state index contributed by atoms with van der Waals surface area (Å²) >= 11 is 0. The molecular formula is C17H22N2O4. The summed E-state index contributed by atoms with van der Waals surface area (Å²) < 4.78 is 16.1. The van der Waals surface area contributed by atoms with Gasteiger partial charge in [-0.05, 0) is 32.0 Å². The first-order valence-electron chi connectivity index (χ1n) is 7.96. The van der Waals surface area contributed by atoms with Crippen LogP contribution in [0.3, 0.4) is 0 Å². The summed E-state index contributed by atoms with van der Waals surface area (Å²) in [4.78, 5) is 18.4. The van der Waals surface area contributed by atoms with Gasteiger partial charge >= 0.3 is 5.97 Å². The van der Waals surface area contributed by atoms with Crippen molar-refractivity contribution in [2.75, 3.05) is 26.7 Å². The second-order valence-electron chi connectivity index (χ2n) is 5.90. The van der Waals surface area contributed by atoms with Crippen LogP contribution in [0.2, 0.25) is 0 Å². The van der Waals surface area contributed by atoms with E-state index in [2.05, 4.69) is 9.88 Å². The highest BCUT2D eigenvalue weighted by Crippen LogP contribution is 2.17. The fraction of sp³-hybridized carbons (Fsp3) is 0.529. The quantitative estimate of drug-likeness (QED) is 0.786. The van der Waals surface area contributed by atoms with Crippen LogP contribution in [0.15, 0.2) is 28.7 Å². The number of fused-ring (bicyclic) bond motifs is 1. The van der Waals surface area contributed by atoms with E-state index in [0.29, 0.717) is 6.54 Å². The Labute approximate surface area is 135 Å². The maximum absolute atomic E-state index is 11.7. The number of methoxy groups -OCH3 is 1. The molecule has 0 bridgehead atoms. The number of benzene rings is 1. The molecule has 2 aromatic rings. The molecule has 124 valence electrons. The lowest BCUT2D eigenvalue weighted by atomic mass is 10.2. The van der Waals surface area contributed by atoms with E-state index < -0.39 is 6.10 Å². The van der Waals surface area contributed by atoms with E-state index >= 15 is 0 Å². The molecule has 1 aliphatic heterocycles. The summed E-state index contributed by atoms with van der Waals surface area (Å²) in [5, 5.41) is 0. The second kappa shape index (κ2) is 7.10. The highest BCUT2D eigenvalue weighted by atomic mass is 16.6. The first-order chi connectivity index (χ1) is 11.2. The minimum absolute atomic E-state index is 0.0252. The zero-order chi connectivity index (χ0) is 16.2. The lowest BCUT2D eigenvalue weighted by molar-refractivity contribution is -0.166.